The fourth-order valence-corrected chi connectivity index (χ4v) is 0.370. The summed E-state index contributed by atoms with van der Waals surface area (Å²) >= 11 is 0. The Morgan fingerprint density at radius 1 is 1.55 bits per heavy atom. The molecule has 0 aromatic rings. The smallest absolute Gasteiger partial charge is 0.481 e. The van der Waals surface area contributed by atoms with Crippen LogP contribution in [0.3, 0.4) is 0 Å². The van der Waals surface area contributed by atoms with Crippen LogP contribution in [0, 0.1) is 6.42 Å². The maximum absolute atomic E-state index is 9.00. The van der Waals surface area contributed by atoms with Gasteiger partial charge < -0.3 is 5.11 Å². The van der Waals surface area contributed by atoms with Gasteiger partial charge in [0.1, 0.15) is 0 Å². The normalized spacial score (nSPS) is 15.4. The van der Waals surface area contributed by atoms with Crippen molar-refractivity contribution in [1.29, 1.82) is 0 Å². The van der Waals surface area contributed by atoms with Crippen molar-refractivity contribution in [2.24, 2.45) is 0 Å². The van der Waals surface area contributed by atoms with Crippen LogP contribution in [0.4, 0.5) is 0 Å². The summed E-state index contributed by atoms with van der Waals surface area (Å²) in [5.74, 6) is -0.833. The Hall–Kier alpha value is 0.390. The van der Waals surface area contributed by atoms with Gasteiger partial charge in [-0.2, -0.15) is 6.42 Å². The molecule has 0 aliphatic carbocycles. The molecule has 1 aliphatic heterocycles. The maximum Gasteiger partial charge on any atom is 1.00 e. The first-order valence-corrected chi connectivity index (χ1v) is 2.99. The van der Waals surface area contributed by atoms with Gasteiger partial charge in [0.2, 0.25) is 0 Å². The van der Waals surface area contributed by atoms with E-state index in [-0.39, 0.29) is 29.6 Å². The molecule has 1 saturated heterocycles. The van der Waals surface area contributed by atoms with Crippen LogP contribution < -0.4 is 29.6 Å². The number of hydrogen-bond donors (Lipinski definition) is 1. The standard InChI is InChI=1S/C4H7O2.C2H4O2.Na/c1-2-4-6-5-3-1;1-2(3)4;/h1H,2-4H2;1H3,(H,3,4);/q-1;;+1. The molecule has 1 fully saturated rings. The van der Waals surface area contributed by atoms with E-state index in [2.05, 4.69) is 9.78 Å². The summed E-state index contributed by atoms with van der Waals surface area (Å²) in [6, 6.07) is 0. The second-order valence-corrected chi connectivity index (χ2v) is 1.70. The Morgan fingerprint density at radius 3 is 2.18 bits per heavy atom. The molecule has 4 nitrogen and oxygen atoms in total. The van der Waals surface area contributed by atoms with Crippen molar-refractivity contribution in [3.05, 3.63) is 6.42 Å². The van der Waals surface area contributed by atoms with E-state index in [1.807, 2.05) is 6.42 Å². The predicted octanol–water partition coefficient (Wildman–Crippen LogP) is -2.36. The Bertz CT molecular complexity index is 77.1. The molecule has 1 N–H and O–H groups in total. The topological polar surface area (TPSA) is 55.8 Å². The van der Waals surface area contributed by atoms with Crippen LogP contribution in [0.1, 0.15) is 13.3 Å². The maximum atomic E-state index is 9.00. The minimum absolute atomic E-state index is 0. The first-order valence-electron chi connectivity index (χ1n) is 2.99. The van der Waals surface area contributed by atoms with Crippen LogP contribution in [0.5, 0.6) is 0 Å². The Morgan fingerprint density at radius 2 is 2.09 bits per heavy atom. The van der Waals surface area contributed by atoms with Gasteiger partial charge in [0.05, 0.1) is 6.61 Å². The summed E-state index contributed by atoms with van der Waals surface area (Å²) in [7, 11) is 0. The molecule has 0 amide bonds. The van der Waals surface area contributed by atoms with Crippen LogP contribution in [-0.4, -0.2) is 24.3 Å². The van der Waals surface area contributed by atoms with Crippen LogP contribution in [0.25, 0.3) is 0 Å². The fourth-order valence-electron chi connectivity index (χ4n) is 0.370. The molecule has 1 aliphatic rings. The summed E-state index contributed by atoms with van der Waals surface area (Å²) in [5, 5.41) is 7.42. The Kier molecular flexibility index (Phi) is 13.2. The van der Waals surface area contributed by atoms with E-state index in [1.165, 1.54) is 0 Å². The van der Waals surface area contributed by atoms with Crippen molar-refractivity contribution in [2.75, 3.05) is 13.2 Å². The Balaban J connectivity index is 0. The zero-order chi connectivity index (χ0) is 7.82. The van der Waals surface area contributed by atoms with E-state index >= 15 is 0 Å². The predicted molar refractivity (Wildman–Crippen MR) is 34.1 cm³/mol. The summed E-state index contributed by atoms with van der Waals surface area (Å²) in [4.78, 5) is 18.1. The van der Waals surface area contributed by atoms with Gasteiger partial charge in [0.15, 0.2) is 0 Å². The summed E-state index contributed by atoms with van der Waals surface area (Å²) in [5.41, 5.74) is 0. The van der Waals surface area contributed by atoms with Crippen molar-refractivity contribution >= 4 is 5.97 Å². The molecular formula is C6H11NaO4. The van der Waals surface area contributed by atoms with Crippen LogP contribution in [0.2, 0.25) is 0 Å². The Labute approximate surface area is 88.1 Å². The third-order valence-corrected chi connectivity index (χ3v) is 0.675. The molecular weight excluding hydrogens is 159 g/mol. The van der Waals surface area contributed by atoms with E-state index in [0.29, 0.717) is 6.61 Å². The van der Waals surface area contributed by atoms with Crippen molar-refractivity contribution in [3.63, 3.8) is 0 Å². The molecule has 0 radical (unpaired) electrons. The number of carboxylic acids is 1. The number of rotatable bonds is 0. The molecule has 0 bridgehead atoms. The molecule has 0 unspecified atom stereocenters. The number of aliphatic carboxylic acids is 1. The number of carboxylic acid groups (broad SMARTS) is 1. The van der Waals surface area contributed by atoms with Gasteiger partial charge in [-0.1, -0.05) is 0 Å². The van der Waals surface area contributed by atoms with Crippen LogP contribution in [0.15, 0.2) is 0 Å². The number of hydrogen-bond acceptors (Lipinski definition) is 3. The van der Waals surface area contributed by atoms with Gasteiger partial charge in [0, 0.05) is 6.92 Å². The SMILES string of the molecule is CC(=O)O.[CH-]1CCOOC1.[Na+]. The second kappa shape index (κ2) is 10.4. The van der Waals surface area contributed by atoms with Crippen molar-refractivity contribution < 1.29 is 49.2 Å². The van der Waals surface area contributed by atoms with Crippen LogP contribution >= 0.6 is 0 Å². The summed E-state index contributed by atoms with van der Waals surface area (Å²) in [6.45, 7) is 2.46. The van der Waals surface area contributed by atoms with Crippen molar-refractivity contribution in [2.45, 2.75) is 13.3 Å². The molecule has 60 valence electrons. The van der Waals surface area contributed by atoms with E-state index in [4.69, 9.17) is 9.90 Å². The molecule has 0 aromatic heterocycles. The summed E-state index contributed by atoms with van der Waals surface area (Å²) < 4.78 is 0. The molecule has 0 spiro atoms. The molecule has 1 heterocycles. The molecule has 11 heavy (non-hydrogen) atoms. The van der Waals surface area contributed by atoms with Gasteiger partial charge in [0.25, 0.3) is 5.97 Å². The minimum Gasteiger partial charge on any atom is -0.481 e. The fraction of sp³-hybridized carbons (Fsp3) is 0.667. The third-order valence-electron chi connectivity index (χ3n) is 0.675. The van der Waals surface area contributed by atoms with Crippen molar-refractivity contribution in [3.8, 4) is 0 Å². The summed E-state index contributed by atoms with van der Waals surface area (Å²) in [6.07, 6.45) is 3.07. The zero-order valence-electron chi connectivity index (χ0n) is 6.87. The van der Waals surface area contributed by atoms with E-state index in [9.17, 15) is 0 Å². The van der Waals surface area contributed by atoms with E-state index in [0.717, 1.165) is 20.0 Å². The molecule has 0 atom stereocenters. The average molecular weight is 170 g/mol. The minimum atomic E-state index is -0.833. The molecule has 0 aromatic carbocycles. The van der Waals surface area contributed by atoms with Gasteiger partial charge >= 0.3 is 29.6 Å². The quantitative estimate of drug-likeness (QED) is 0.251. The van der Waals surface area contributed by atoms with Gasteiger partial charge in [-0.3, -0.25) is 16.1 Å². The largest absolute Gasteiger partial charge is 1.00 e. The van der Waals surface area contributed by atoms with Gasteiger partial charge in [-0.25, -0.2) is 4.89 Å². The second-order valence-electron chi connectivity index (χ2n) is 1.70. The zero-order valence-corrected chi connectivity index (χ0v) is 8.87. The van der Waals surface area contributed by atoms with E-state index in [1.54, 1.807) is 0 Å². The van der Waals surface area contributed by atoms with Gasteiger partial charge in [-0.05, 0) is 6.61 Å². The molecule has 0 saturated carbocycles. The average Bonchev–Trinajstić information content (AvgIpc) is 1.90. The monoisotopic (exact) mass is 170 g/mol. The van der Waals surface area contributed by atoms with E-state index < -0.39 is 5.97 Å². The first kappa shape index (κ1) is 13.9. The van der Waals surface area contributed by atoms with Gasteiger partial charge in [-0.15, -0.1) is 0 Å². The molecule has 1 rings (SSSR count). The third kappa shape index (κ3) is 17.9. The molecule has 5 heteroatoms. The van der Waals surface area contributed by atoms with Crippen molar-refractivity contribution in [1.82, 2.24) is 0 Å². The first-order chi connectivity index (χ1) is 4.73. The van der Waals surface area contributed by atoms with Crippen LogP contribution in [-0.2, 0) is 14.6 Å². The number of carbonyl (C=O) groups is 1.